The number of nitrogens with zero attached hydrogens (tertiary/aromatic N) is 1. The van der Waals surface area contributed by atoms with Gasteiger partial charge >= 0.3 is 0 Å². The third kappa shape index (κ3) is 2.61. The van der Waals surface area contributed by atoms with Crippen molar-refractivity contribution in [3.05, 3.63) is 0 Å². The highest BCUT2D eigenvalue weighted by atomic mass is 32.2. The lowest BCUT2D eigenvalue weighted by atomic mass is 9.98. The number of nitrogens with two attached hydrogens (primary N) is 1. The fourth-order valence-electron chi connectivity index (χ4n) is 1.28. The van der Waals surface area contributed by atoms with Gasteiger partial charge in [0.2, 0.25) is 5.91 Å². The summed E-state index contributed by atoms with van der Waals surface area (Å²) in [5.41, 5.74) is 5.23. The Morgan fingerprint density at radius 1 is 1.54 bits per heavy atom. The van der Waals surface area contributed by atoms with Crippen LogP contribution in [0.25, 0.3) is 0 Å². The van der Waals surface area contributed by atoms with Crippen molar-refractivity contribution in [1.82, 2.24) is 4.90 Å². The van der Waals surface area contributed by atoms with Crippen LogP contribution in [0.4, 0.5) is 0 Å². The van der Waals surface area contributed by atoms with Crippen molar-refractivity contribution in [1.29, 1.82) is 0 Å². The lowest BCUT2D eigenvalue weighted by Crippen LogP contribution is -2.54. The maximum absolute atomic E-state index is 11.8. The normalized spacial score (nSPS) is 22.5. The molecule has 1 saturated heterocycles. The number of hydrogen-bond acceptors (Lipinski definition) is 3. The third-order valence-corrected chi connectivity index (χ3v) is 3.46. The summed E-state index contributed by atoms with van der Waals surface area (Å²) in [7, 11) is 0. The van der Waals surface area contributed by atoms with E-state index < -0.39 is 5.54 Å². The van der Waals surface area contributed by atoms with Crippen molar-refractivity contribution in [2.45, 2.75) is 25.8 Å². The molecule has 0 radical (unpaired) electrons. The molecule has 1 aliphatic rings. The van der Waals surface area contributed by atoms with E-state index in [1.807, 2.05) is 30.5 Å². The number of thioether (sulfide) groups is 1. The van der Waals surface area contributed by atoms with E-state index in [-0.39, 0.29) is 5.91 Å². The zero-order chi connectivity index (χ0) is 9.90. The van der Waals surface area contributed by atoms with Crippen LogP contribution in [-0.4, -0.2) is 40.9 Å². The van der Waals surface area contributed by atoms with Crippen LogP contribution < -0.4 is 5.73 Å². The molecule has 0 spiro atoms. The smallest absolute Gasteiger partial charge is 0.242 e. The molecule has 13 heavy (non-hydrogen) atoms. The quantitative estimate of drug-likeness (QED) is 0.716. The van der Waals surface area contributed by atoms with Gasteiger partial charge < -0.3 is 10.6 Å². The zero-order valence-electron chi connectivity index (χ0n) is 8.38. The van der Waals surface area contributed by atoms with Gasteiger partial charge in [0.25, 0.3) is 0 Å². The van der Waals surface area contributed by atoms with Gasteiger partial charge in [0.1, 0.15) is 0 Å². The summed E-state index contributed by atoms with van der Waals surface area (Å²) in [6.07, 6.45) is 0.704. The molecule has 1 amide bonds. The van der Waals surface area contributed by atoms with Gasteiger partial charge in [-0.15, -0.1) is 0 Å². The zero-order valence-corrected chi connectivity index (χ0v) is 9.19. The Bertz CT molecular complexity index is 188. The molecule has 1 fully saturated rings. The summed E-state index contributed by atoms with van der Waals surface area (Å²) in [6, 6.07) is 0. The molecule has 0 aromatic carbocycles. The molecule has 0 saturated carbocycles. The standard InChI is InChI=1S/C9H18N2OS/c1-3-9(2,10)8(12)11-4-6-13-7-5-11/h3-7,10H2,1-2H3. The van der Waals surface area contributed by atoms with Gasteiger partial charge in [-0.1, -0.05) is 6.92 Å². The van der Waals surface area contributed by atoms with E-state index in [4.69, 9.17) is 5.73 Å². The van der Waals surface area contributed by atoms with E-state index in [0.717, 1.165) is 24.6 Å². The van der Waals surface area contributed by atoms with Crippen LogP contribution in [0.5, 0.6) is 0 Å². The highest BCUT2D eigenvalue weighted by Gasteiger charge is 2.31. The second-order valence-electron chi connectivity index (χ2n) is 3.68. The van der Waals surface area contributed by atoms with E-state index in [1.54, 1.807) is 0 Å². The number of rotatable bonds is 2. The largest absolute Gasteiger partial charge is 0.339 e. The van der Waals surface area contributed by atoms with Gasteiger partial charge in [0.05, 0.1) is 5.54 Å². The number of amides is 1. The maximum Gasteiger partial charge on any atom is 0.242 e. The molecule has 0 bridgehead atoms. The molecule has 1 atom stereocenters. The minimum Gasteiger partial charge on any atom is -0.339 e. The summed E-state index contributed by atoms with van der Waals surface area (Å²) < 4.78 is 0. The Kier molecular flexibility index (Phi) is 3.62. The first-order valence-corrected chi connectivity index (χ1v) is 5.89. The topological polar surface area (TPSA) is 46.3 Å². The second kappa shape index (κ2) is 4.33. The van der Waals surface area contributed by atoms with Gasteiger partial charge in [-0.25, -0.2) is 0 Å². The lowest BCUT2D eigenvalue weighted by molar-refractivity contribution is -0.136. The van der Waals surface area contributed by atoms with Gasteiger partial charge in [-0.2, -0.15) is 11.8 Å². The number of carbonyl (C=O) groups is 1. The van der Waals surface area contributed by atoms with Crippen LogP contribution in [-0.2, 0) is 4.79 Å². The summed E-state index contributed by atoms with van der Waals surface area (Å²) >= 11 is 1.90. The molecule has 0 aromatic heterocycles. The molecule has 3 nitrogen and oxygen atoms in total. The van der Waals surface area contributed by atoms with Gasteiger partial charge in [0, 0.05) is 24.6 Å². The summed E-state index contributed by atoms with van der Waals surface area (Å²) in [4.78, 5) is 13.7. The van der Waals surface area contributed by atoms with Crippen molar-refractivity contribution in [2.75, 3.05) is 24.6 Å². The van der Waals surface area contributed by atoms with Crippen molar-refractivity contribution in [2.24, 2.45) is 5.73 Å². The Hall–Kier alpha value is -0.220. The molecular weight excluding hydrogens is 184 g/mol. The average Bonchev–Trinajstić information content (AvgIpc) is 2.18. The SMILES string of the molecule is CCC(C)(N)C(=O)N1CCSCC1. The molecule has 1 heterocycles. The first-order chi connectivity index (χ1) is 6.08. The monoisotopic (exact) mass is 202 g/mol. The summed E-state index contributed by atoms with van der Waals surface area (Å²) in [5.74, 6) is 2.20. The molecule has 1 aliphatic heterocycles. The average molecular weight is 202 g/mol. The molecule has 0 aliphatic carbocycles. The summed E-state index contributed by atoms with van der Waals surface area (Å²) in [5, 5.41) is 0. The fourth-order valence-corrected chi connectivity index (χ4v) is 2.18. The predicted molar refractivity (Wildman–Crippen MR) is 56.8 cm³/mol. The molecule has 0 aromatic rings. The molecule has 1 unspecified atom stereocenters. The van der Waals surface area contributed by atoms with E-state index >= 15 is 0 Å². The van der Waals surface area contributed by atoms with Crippen LogP contribution in [0.15, 0.2) is 0 Å². The van der Waals surface area contributed by atoms with Crippen LogP contribution in [0.1, 0.15) is 20.3 Å². The van der Waals surface area contributed by atoms with Gasteiger partial charge in [-0.3, -0.25) is 4.79 Å². The fraction of sp³-hybridized carbons (Fsp3) is 0.889. The minimum atomic E-state index is -0.665. The summed E-state index contributed by atoms with van der Waals surface area (Å²) in [6.45, 7) is 5.49. The predicted octanol–water partition coefficient (Wildman–Crippen LogP) is 0.689. The van der Waals surface area contributed by atoms with Crippen molar-refractivity contribution in [3.63, 3.8) is 0 Å². The van der Waals surface area contributed by atoms with Crippen molar-refractivity contribution >= 4 is 17.7 Å². The van der Waals surface area contributed by atoms with Crippen LogP contribution >= 0.6 is 11.8 Å². The second-order valence-corrected chi connectivity index (χ2v) is 4.90. The molecule has 4 heteroatoms. The van der Waals surface area contributed by atoms with E-state index in [0.29, 0.717) is 6.42 Å². The lowest BCUT2D eigenvalue weighted by Gasteiger charge is -2.33. The van der Waals surface area contributed by atoms with Gasteiger partial charge in [-0.05, 0) is 13.3 Å². The van der Waals surface area contributed by atoms with E-state index in [2.05, 4.69) is 0 Å². The Labute approximate surface area is 84.0 Å². The van der Waals surface area contributed by atoms with E-state index in [9.17, 15) is 4.79 Å². The van der Waals surface area contributed by atoms with Gasteiger partial charge in [0.15, 0.2) is 0 Å². The Balaban J connectivity index is 2.55. The highest BCUT2D eigenvalue weighted by Crippen LogP contribution is 2.15. The first kappa shape index (κ1) is 10.9. The van der Waals surface area contributed by atoms with Crippen LogP contribution in [0, 0.1) is 0 Å². The molecular formula is C9H18N2OS. The Morgan fingerprint density at radius 2 is 2.08 bits per heavy atom. The first-order valence-electron chi connectivity index (χ1n) is 4.74. The maximum atomic E-state index is 11.8. The third-order valence-electron chi connectivity index (χ3n) is 2.52. The Morgan fingerprint density at radius 3 is 2.54 bits per heavy atom. The highest BCUT2D eigenvalue weighted by molar-refractivity contribution is 7.99. The van der Waals surface area contributed by atoms with Crippen molar-refractivity contribution < 1.29 is 4.79 Å². The number of carbonyl (C=O) groups excluding carboxylic acids is 1. The van der Waals surface area contributed by atoms with Crippen LogP contribution in [0.2, 0.25) is 0 Å². The number of hydrogen-bond donors (Lipinski definition) is 1. The molecule has 1 rings (SSSR count). The minimum absolute atomic E-state index is 0.107. The van der Waals surface area contributed by atoms with Crippen LogP contribution in [0.3, 0.4) is 0 Å². The van der Waals surface area contributed by atoms with E-state index in [1.165, 1.54) is 0 Å². The van der Waals surface area contributed by atoms with Crippen molar-refractivity contribution in [3.8, 4) is 0 Å². The molecule has 76 valence electrons. The molecule has 2 N–H and O–H groups in total.